The van der Waals surface area contributed by atoms with Crippen LogP contribution in [0.5, 0.6) is 0 Å². The molecule has 2 aromatic rings. The molecule has 0 bridgehead atoms. The van der Waals surface area contributed by atoms with E-state index in [1.54, 1.807) is 7.11 Å². The van der Waals surface area contributed by atoms with Gasteiger partial charge in [0.2, 0.25) is 0 Å². The molecule has 0 spiro atoms. The maximum Gasteiger partial charge on any atom is 0.325 e. The quantitative estimate of drug-likeness (QED) is 0.755. The molecule has 0 unspecified atom stereocenters. The monoisotopic (exact) mass is 291 g/mol. The first-order chi connectivity index (χ1) is 10.1. The van der Waals surface area contributed by atoms with Crippen LogP contribution in [0.1, 0.15) is 47.9 Å². The smallest absolute Gasteiger partial charge is 0.325 e. The van der Waals surface area contributed by atoms with Gasteiger partial charge in [-0.1, -0.05) is 0 Å². The number of aromatic amines is 2. The summed E-state index contributed by atoms with van der Waals surface area (Å²) in [5, 5.41) is 0. The molecule has 1 saturated carbocycles. The Balaban J connectivity index is 1.99. The van der Waals surface area contributed by atoms with Crippen LogP contribution in [0.3, 0.4) is 0 Å². The van der Waals surface area contributed by atoms with Gasteiger partial charge in [-0.3, -0.25) is 9.78 Å². The van der Waals surface area contributed by atoms with Crippen molar-refractivity contribution in [3.05, 3.63) is 22.0 Å². The largest absolute Gasteiger partial charge is 0.381 e. The molecule has 1 amide bonds. The lowest BCUT2D eigenvalue weighted by atomic mass is 9.87. The lowest BCUT2D eigenvalue weighted by Crippen LogP contribution is -2.22. The Kier molecular flexibility index (Phi) is 3.46. The van der Waals surface area contributed by atoms with Crippen molar-refractivity contribution >= 4 is 17.1 Å². The van der Waals surface area contributed by atoms with Crippen LogP contribution in [0.2, 0.25) is 0 Å². The van der Waals surface area contributed by atoms with E-state index in [-0.39, 0.29) is 23.2 Å². The summed E-state index contributed by atoms with van der Waals surface area (Å²) in [5.74, 6) is 0.0304. The molecule has 0 aliphatic heterocycles. The van der Waals surface area contributed by atoms with Crippen LogP contribution in [-0.4, -0.2) is 39.1 Å². The highest BCUT2D eigenvalue weighted by Crippen LogP contribution is 2.32. The van der Waals surface area contributed by atoms with Gasteiger partial charge in [0.15, 0.2) is 11.3 Å². The highest BCUT2D eigenvalue weighted by Gasteiger charge is 2.26. The third kappa shape index (κ3) is 2.54. The summed E-state index contributed by atoms with van der Waals surface area (Å²) in [6.45, 7) is 0. The first-order valence-electron chi connectivity index (χ1n) is 6.91. The maximum absolute atomic E-state index is 11.5. The number of ether oxygens (including phenoxy) is 1. The Hall–Kier alpha value is -2.22. The number of amides is 1. The highest BCUT2D eigenvalue weighted by atomic mass is 16.5. The van der Waals surface area contributed by atoms with E-state index in [0.717, 1.165) is 25.7 Å². The van der Waals surface area contributed by atoms with Gasteiger partial charge in [0.1, 0.15) is 11.3 Å². The van der Waals surface area contributed by atoms with Crippen LogP contribution in [-0.2, 0) is 4.74 Å². The molecule has 21 heavy (non-hydrogen) atoms. The fourth-order valence-corrected chi connectivity index (χ4v) is 2.86. The molecule has 3 rings (SSSR count). The van der Waals surface area contributed by atoms with Gasteiger partial charge in [0, 0.05) is 13.0 Å². The van der Waals surface area contributed by atoms with Crippen molar-refractivity contribution in [1.82, 2.24) is 19.9 Å². The Morgan fingerprint density at radius 1 is 1.24 bits per heavy atom. The summed E-state index contributed by atoms with van der Waals surface area (Å²) < 4.78 is 5.34. The van der Waals surface area contributed by atoms with Crippen LogP contribution in [0.25, 0.3) is 11.2 Å². The molecule has 8 nitrogen and oxygen atoms in total. The second-order valence-electron chi connectivity index (χ2n) is 5.31. The van der Waals surface area contributed by atoms with Gasteiger partial charge >= 0.3 is 5.69 Å². The molecule has 1 aliphatic carbocycles. The predicted molar refractivity (Wildman–Crippen MR) is 75.0 cm³/mol. The van der Waals surface area contributed by atoms with Crippen molar-refractivity contribution in [3.63, 3.8) is 0 Å². The van der Waals surface area contributed by atoms with Gasteiger partial charge in [-0.2, -0.15) is 0 Å². The number of carbonyl (C=O) groups excluding carboxylic acids is 1. The molecule has 2 aromatic heterocycles. The van der Waals surface area contributed by atoms with Gasteiger partial charge in [-0.15, -0.1) is 0 Å². The molecule has 0 aromatic carbocycles. The highest BCUT2D eigenvalue weighted by molar-refractivity contribution is 6.01. The molecule has 112 valence electrons. The number of nitrogens with one attached hydrogen (secondary N) is 2. The van der Waals surface area contributed by atoms with Gasteiger partial charge in [0.05, 0.1) is 6.10 Å². The predicted octanol–water partition coefficient (Wildman–Crippen LogP) is 0.418. The fourth-order valence-electron chi connectivity index (χ4n) is 2.86. The molecule has 1 aliphatic rings. The zero-order valence-corrected chi connectivity index (χ0v) is 11.7. The number of hydrogen-bond acceptors (Lipinski definition) is 5. The SMILES string of the molecule is COC1CCC(c2nc(C(N)=O)c3[nH]c(=O)[nH]c3n2)CC1. The van der Waals surface area contributed by atoms with E-state index in [0.29, 0.717) is 11.5 Å². The van der Waals surface area contributed by atoms with E-state index in [1.807, 2.05) is 0 Å². The summed E-state index contributed by atoms with van der Waals surface area (Å²) >= 11 is 0. The minimum Gasteiger partial charge on any atom is -0.381 e. The van der Waals surface area contributed by atoms with Crippen LogP contribution >= 0.6 is 0 Å². The second kappa shape index (κ2) is 5.28. The number of H-pyrrole nitrogens is 2. The number of nitrogens with zero attached hydrogens (tertiary/aromatic N) is 2. The van der Waals surface area contributed by atoms with E-state index in [1.165, 1.54) is 0 Å². The summed E-state index contributed by atoms with van der Waals surface area (Å²) in [5.41, 5.74) is 5.57. The molecule has 0 radical (unpaired) electrons. The number of carbonyl (C=O) groups is 1. The minimum absolute atomic E-state index is 0.0576. The van der Waals surface area contributed by atoms with Gasteiger partial charge in [0.25, 0.3) is 5.91 Å². The Bertz CT molecular complexity index is 727. The minimum atomic E-state index is -0.676. The van der Waals surface area contributed by atoms with E-state index in [2.05, 4.69) is 19.9 Å². The molecule has 2 heterocycles. The topological polar surface area (TPSA) is 127 Å². The van der Waals surface area contributed by atoms with Crippen LogP contribution in [0, 0.1) is 0 Å². The standard InChI is InChI=1S/C13H17N5O3/c1-21-7-4-2-6(3-5-7)11-15-8(10(14)19)9-12(17-11)18-13(20)16-9/h6-7H,2-5H2,1H3,(H2,14,19)(H2,15,16,17,18,20). The molecule has 0 saturated heterocycles. The average molecular weight is 291 g/mol. The van der Waals surface area contributed by atoms with E-state index in [4.69, 9.17) is 10.5 Å². The first-order valence-corrected chi connectivity index (χ1v) is 6.91. The van der Waals surface area contributed by atoms with Crippen molar-refractivity contribution in [2.45, 2.75) is 37.7 Å². The maximum atomic E-state index is 11.5. The van der Waals surface area contributed by atoms with E-state index in [9.17, 15) is 9.59 Å². The molecule has 4 N–H and O–H groups in total. The molecule has 0 atom stereocenters. The fraction of sp³-hybridized carbons (Fsp3) is 0.538. The van der Waals surface area contributed by atoms with Gasteiger partial charge < -0.3 is 15.5 Å². The molecular formula is C13H17N5O3. The lowest BCUT2D eigenvalue weighted by Gasteiger charge is -2.26. The Morgan fingerprint density at radius 2 is 1.95 bits per heavy atom. The van der Waals surface area contributed by atoms with Crippen LogP contribution in [0.15, 0.2) is 4.79 Å². The van der Waals surface area contributed by atoms with Gasteiger partial charge in [-0.25, -0.2) is 14.8 Å². The van der Waals surface area contributed by atoms with Crippen LogP contribution < -0.4 is 11.4 Å². The number of nitrogens with two attached hydrogens (primary N) is 1. The molecule has 1 fully saturated rings. The third-order valence-electron chi connectivity index (χ3n) is 4.00. The Morgan fingerprint density at radius 3 is 2.57 bits per heavy atom. The Labute approximate surface area is 120 Å². The number of rotatable bonds is 3. The lowest BCUT2D eigenvalue weighted by molar-refractivity contribution is 0.0651. The number of hydrogen-bond donors (Lipinski definition) is 3. The second-order valence-corrected chi connectivity index (χ2v) is 5.31. The normalized spacial score (nSPS) is 22.5. The van der Waals surface area contributed by atoms with Crippen molar-refractivity contribution in [3.8, 4) is 0 Å². The molecule has 8 heteroatoms. The van der Waals surface area contributed by atoms with E-state index >= 15 is 0 Å². The number of primary amides is 1. The number of fused-ring (bicyclic) bond motifs is 1. The first kappa shape index (κ1) is 13.7. The number of methoxy groups -OCH3 is 1. The average Bonchev–Trinajstić information content (AvgIpc) is 2.86. The van der Waals surface area contributed by atoms with Crippen molar-refractivity contribution in [2.75, 3.05) is 7.11 Å². The number of aromatic nitrogens is 4. The third-order valence-corrected chi connectivity index (χ3v) is 4.00. The number of imidazole rings is 1. The van der Waals surface area contributed by atoms with Gasteiger partial charge in [-0.05, 0) is 25.7 Å². The summed E-state index contributed by atoms with van der Waals surface area (Å²) in [7, 11) is 1.71. The van der Waals surface area contributed by atoms with Crippen LogP contribution in [0.4, 0.5) is 0 Å². The summed E-state index contributed by atoms with van der Waals surface area (Å²) in [6, 6.07) is 0. The van der Waals surface area contributed by atoms with Crippen molar-refractivity contribution < 1.29 is 9.53 Å². The van der Waals surface area contributed by atoms with Crippen molar-refractivity contribution in [1.29, 1.82) is 0 Å². The summed E-state index contributed by atoms with van der Waals surface area (Å²) in [6.07, 6.45) is 3.90. The zero-order chi connectivity index (χ0) is 15.0. The van der Waals surface area contributed by atoms with Crippen molar-refractivity contribution in [2.24, 2.45) is 5.73 Å². The summed E-state index contributed by atoms with van der Waals surface area (Å²) in [4.78, 5) is 36.6. The molecular weight excluding hydrogens is 274 g/mol. The van der Waals surface area contributed by atoms with E-state index < -0.39 is 11.6 Å². The zero-order valence-electron chi connectivity index (χ0n) is 11.7.